The van der Waals surface area contributed by atoms with Crippen LogP contribution >= 0.6 is 0 Å². The second-order valence-electron chi connectivity index (χ2n) is 5.54. The van der Waals surface area contributed by atoms with E-state index in [0.29, 0.717) is 11.3 Å². The van der Waals surface area contributed by atoms with Crippen molar-refractivity contribution >= 4 is 17.3 Å². The lowest BCUT2D eigenvalue weighted by Crippen LogP contribution is -2.36. The molecule has 2 rings (SSSR count). The molecule has 0 atom stereocenters. The third kappa shape index (κ3) is 3.19. The van der Waals surface area contributed by atoms with Gasteiger partial charge in [0.1, 0.15) is 0 Å². The summed E-state index contributed by atoms with van der Waals surface area (Å²) in [7, 11) is 1.37. The molecule has 0 saturated heterocycles. The predicted octanol–water partition coefficient (Wildman–Crippen LogP) is 3.19. The number of carbonyl (C=O) groups is 1. The van der Waals surface area contributed by atoms with E-state index in [9.17, 15) is 4.79 Å². The van der Waals surface area contributed by atoms with Gasteiger partial charge in [0, 0.05) is 16.9 Å². The van der Waals surface area contributed by atoms with Gasteiger partial charge in [0.2, 0.25) is 0 Å². The van der Waals surface area contributed by atoms with E-state index in [0.717, 1.165) is 18.5 Å². The van der Waals surface area contributed by atoms with Gasteiger partial charge in [-0.3, -0.25) is 0 Å². The zero-order valence-electron chi connectivity index (χ0n) is 11.7. The van der Waals surface area contributed by atoms with Crippen LogP contribution in [0.2, 0.25) is 0 Å². The first kappa shape index (κ1) is 13.7. The average molecular weight is 262 g/mol. The predicted molar refractivity (Wildman–Crippen MR) is 77.3 cm³/mol. The average Bonchev–Trinajstić information content (AvgIpc) is 2.40. The van der Waals surface area contributed by atoms with Gasteiger partial charge >= 0.3 is 5.97 Å². The fourth-order valence-electron chi connectivity index (χ4n) is 2.73. The molecule has 1 saturated carbocycles. The molecule has 1 aromatic carbocycles. The fraction of sp³-hybridized carbons (Fsp3) is 0.533. The van der Waals surface area contributed by atoms with Crippen LogP contribution in [0.5, 0.6) is 0 Å². The third-order valence-electron chi connectivity index (χ3n) is 3.86. The van der Waals surface area contributed by atoms with Gasteiger partial charge in [-0.2, -0.15) is 0 Å². The molecular formula is C15H22N2O2. The minimum atomic E-state index is -0.394. The monoisotopic (exact) mass is 262 g/mol. The Morgan fingerprint density at radius 2 is 2.00 bits per heavy atom. The number of rotatable bonds is 3. The summed E-state index contributed by atoms with van der Waals surface area (Å²) >= 11 is 0. The van der Waals surface area contributed by atoms with Crippen LogP contribution in [0.4, 0.5) is 11.4 Å². The maximum absolute atomic E-state index is 11.6. The Kier molecular flexibility index (Phi) is 3.98. The van der Waals surface area contributed by atoms with Gasteiger partial charge in [-0.15, -0.1) is 0 Å². The summed E-state index contributed by atoms with van der Waals surface area (Å²) in [6.07, 6.45) is 6.13. The second-order valence-corrected chi connectivity index (χ2v) is 5.54. The number of anilines is 2. The van der Waals surface area contributed by atoms with Crippen molar-refractivity contribution in [1.29, 1.82) is 0 Å². The number of benzene rings is 1. The van der Waals surface area contributed by atoms with Crippen molar-refractivity contribution in [1.82, 2.24) is 0 Å². The van der Waals surface area contributed by atoms with Crippen molar-refractivity contribution in [2.24, 2.45) is 0 Å². The molecule has 0 radical (unpaired) electrons. The van der Waals surface area contributed by atoms with Gasteiger partial charge in [0.05, 0.1) is 12.7 Å². The molecule has 0 aliphatic heterocycles. The number of nitrogen functional groups attached to an aromatic ring is 1. The highest BCUT2D eigenvalue weighted by Crippen LogP contribution is 2.32. The quantitative estimate of drug-likeness (QED) is 0.648. The van der Waals surface area contributed by atoms with E-state index in [1.807, 2.05) is 6.07 Å². The van der Waals surface area contributed by atoms with Crippen molar-refractivity contribution < 1.29 is 9.53 Å². The van der Waals surface area contributed by atoms with E-state index in [1.54, 1.807) is 12.1 Å². The van der Waals surface area contributed by atoms with E-state index >= 15 is 0 Å². The first-order valence-corrected chi connectivity index (χ1v) is 6.80. The molecule has 104 valence electrons. The number of ether oxygens (including phenoxy) is 1. The lowest BCUT2D eigenvalue weighted by molar-refractivity contribution is 0.0602. The lowest BCUT2D eigenvalue weighted by Gasteiger charge is -2.35. The number of methoxy groups -OCH3 is 1. The maximum atomic E-state index is 11.6. The summed E-state index contributed by atoms with van der Waals surface area (Å²) in [6, 6.07) is 5.45. The van der Waals surface area contributed by atoms with Crippen LogP contribution in [-0.2, 0) is 4.74 Å². The Balaban J connectivity index is 2.19. The van der Waals surface area contributed by atoms with Crippen LogP contribution in [0.15, 0.2) is 18.2 Å². The van der Waals surface area contributed by atoms with Crippen LogP contribution in [0.1, 0.15) is 49.4 Å². The highest BCUT2D eigenvalue weighted by Gasteiger charge is 2.26. The minimum Gasteiger partial charge on any atom is -0.465 e. The highest BCUT2D eigenvalue weighted by atomic mass is 16.5. The fourth-order valence-corrected chi connectivity index (χ4v) is 2.73. The Bertz CT molecular complexity index is 465. The molecule has 4 heteroatoms. The SMILES string of the molecule is COC(=O)c1cc(NC2(C)CCCCC2)ccc1N. The standard InChI is InChI=1S/C15H22N2O2/c1-15(8-4-3-5-9-15)17-11-6-7-13(16)12(10-11)14(18)19-2/h6-7,10,17H,3-5,8-9,16H2,1-2H3. The van der Waals surface area contributed by atoms with Gasteiger partial charge in [0.15, 0.2) is 0 Å². The second kappa shape index (κ2) is 5.51. The van der Waals surface area contributed by atoms with E-state index in [2.05, 4.69) is 12.2 Å². The normalized spacial score (nSPS) is 17.8. The van der Waals surface area contributed by atoms with Gasteiger partial charge < -0.3 is 15.8 Å². The first-order chi connectivity index (χ1) is 9.04. The summed E-state index contributed by atoms with van der Waals surface area (Å²) in [6.45, 7) is 2.24. The van der Waals surface area contributed by atoms with Crippen LogP contribution < -0.4 is 11.1 Å². The van der Waals surface area contributed by atoms with E-state index < -0.39 is 5.97 Å². The molecule has 19 heavy (non-hydrogen) atoms. The Morgan fingerprint density at radius 1 is 1.32 bits per heavy atom. The van der Waals surface area contributed by atoms with Crippen molar-refractivity contribution in [3.05, 3.63) is 23.8 Å². The highest BCUT2D eigenvalue weighted by molar-refractivity contribution is 5.96. The molecule has 0 amide bonds. The number of nitrogens with one attached hydrogen (secondary N) is 1. The minimum absolute atomic E-state index is 0.113. The zero-order chi connectivity index (χ0) is 13.9. The van der Waals surface area contributed by atoms with E-state index in [4.69, 9.17) is 10.5 Å². The molecule has 0 spiro atoms. The number of carbonyl (C=O) groups excluding carboxylic acids is 1. The molecular weight excluding hydrogens is 240 g/mol. The van der Waals surface area contributed by atoms with Crippen molar-refractivity contribution in [2.45, 2.75) is 44.6 Å². The smallest absolute Gasteiger partial charge is 0.340 e. The lowest BCUT2D eigenvalue weighted by atomic mass is 9.83. The number of hydrogen-bond donors (Lipinski definition) is 2. The Hall–Kier alpha value is -1.71. The maximum Gasteiger partial charge on any atom is 0.340 e. The zero-order valence-corrected chi connectivity index (χ0v) is 11.7. The van der Waals surface area contributed by atoms with E-state index in [1.165, 1.54) is 26.4 Å². The molecule has 3 N–H and O–H groups in total. The molecule has 0 aromatic heterocycles. The largest absolute Gasteiger partial charge is 0.465 e. The van der Waals surface area contributed by atoms with Gasteiger partial charge in [-0.25, -0.2) is 4.79 Å². The van der Waals surface area contributed by atoms with Crippen LogP contribution in [-0.4, -0.2) is 18.6 Å². The van der Waals surface area contributed by atoms with Gasteiger partial charge in [0.25, 0.3) is 0 Å². The van der Waals surface area contributed by atoms with Crippen LogP contribution in [0, 0.1) is 0 Å². The molecule has 0 bridgehead atoms. The summed E-state index contributed by atoms with van der Waals surface area (Å²) in [5, 5.41) is 3.54. The molecule has 0 heterocycles. The third-order valence-corrected chi connectivity index (χ3v) is 3.86. The topological polar surface area (TPSA) is 64.3 Å². The molecule has 1 aliphatic carbocycles. The number of nitrogens with two attached hydrogens (primary N) is 1. The Labute approximate surface area is 114 Å². The van der Waals surface area contributed by atoms with Crippen LogP contribution in [0.3, 0.4) is 0 Å². The number of esters is 1. The van der Waals surface area contributed by atoms with Crippen molar-refractivity contribution in [3.63, 3.8) is 0 Å². The summed E-state index contributed by atoms with van der Waals surface area (Å²) in [5.74, 6) is -0.394. The molecule has 0 unspecified atom stereocenters. The van der Waals surface area contributed by atoms with Crippen molar-refractivity contribution in [2.75, 3.05) is 18.2 Å². The first-order valence-electron chi connectivity index (χ1n) is 6.80. The molecule has 1 fully saturated rings. The summed E-state index contributed by atoms with van der Waals surface area (Å²) in [4.78, 5) is 11.6. The van der Waals surface area contributed by atoms with Gasteiger partial charge in [-0.05, 0) is 38.0 Å². The van der Waals surface area contributed by atoms with Crippen molar-refractivity contribution in [3.8, 4) is 0 Å². The summed E-state index contributed by atoms with van der Waals surface area (Å²) in [5.41, 5.74) is 7.72. The Morgan fingerprint density at radius 3 is 2.63 bits per heavy atom. The molecule has 4 nitrogen and oxygen atoms in total. The molecule has 1 aromatic rings. The van der Waals surface area contributed by atoms with Crippen LogP contribution in [0.25, 0.3) is 0 Å². The number of hydrogen-bond acceptors (Lipinski definition) is 4. The summed E-state index contributed by atoms with van der Waals surface area (Å²) < 4.78 is 4.74. The van der Waals surface area contributed by atoms with Gasteiger partial charge in [-0.1, -0.05) is 19.3 Å². The molecule has 1 aliphatic rings. The van der Waals surface area contributed by atoms with E-state index in [-0.39, 0.29) is 5.54 Å².